The Hall–Kier alpha value is -1.49. The molecule has 0 amide bonds. The Morgan fingerprint density at radius 3 is 2.47 bits per heavy atom. The average Bonchev–Trinajstić information content (AvgIpc) is 2.39. The molecular formula is C12H17FN2O2. The molecule has 5 heteroatoms. The van der Waals surface area contributed by atoms with Gasteiger partial charge < -0.3 is 19.7 Å². The Morgan fingerprint density at radius 2 is 1.88 bits per heavy atom. The number of anilines is 1. The molecule has 0 radical (unpaired) electrons. The molecule has 2 rings (SSSR count). The van der Waals surface area contributed by atoms with Gasteiger partial charge in [0, 0.05) is 26.2 Å². The fraction of sp³-hybridized carbons (Fsp3) is 0.500. The average molecular weight is 240 g/mol. The maximum atomic E-state index is 14.2. The summed E-state index contributed by atoms with van der Waals surface area (Å²) in [5.41, 5.74) is 0.573. The standard InChI is InChI=1S/C12H17FN2O2/c1-16-10-4-3-9(11(13)12(10)17-2)15-7-5-14-6-8-15/h3-4,14H,5-8H2,1-2H3. The largest absolute Gasteiger partial charge is 0.493 e. The van der Waals surface area contributed by atoms with Crippen LogP contribution in [-0.2, 0) is 0 Å². The molecule has 1 fully saturated rings. The second-order valence-corrected chi connectivity index (χ2v) is 3.87. The summed E-state index contributed by atoms with van der Waals surface area (Å²) in [4.78, 5) is 2.01. The van der Waals surface area contributed by atoms with Crippen molar-refractivity contribution in [1.82, 2.24) is 5.32 Å². The molecule has 1 saturated heterocycles. The zero-order valence-corrected chi connectivity index (χ0v) is 10.1. The van der Waals surface area contributed by atoms with Crippen LogP contribution in [0.15, 0.2) is 12.1 Å². The summed E-state index contributed by atoms with van der Waals surface area (Å²) in [7, 11) is 2.95. The third-order valence-electron chi connectivity index (χ3n) is 2.92. The minimum absolute atomic E-state index is 0.170. The summed E-state index contributed by atoms with van der Waals surface area (Å²) in [6.45, 7) is 3.33. The van der Waals surface area contributed by atoms with Gasteiger partial charge in [-0.25, -0.2) is 4.39 Å². The number of methoxy groups -OCH3 is 2. The number of nitrogens with zero attached hydrogens (tertiary/aromatic N) is 1. The van der Waals surface area contributed by atoms with Crippen LogP contribution < -0.4 is 19.7 Å². The summed E-state index contributed by atoms with van der Waals surface area (Å²) < 4.78 is 24.4. The Kier molecular flexibility index (Phi) is 3.68. The van der Waals surface area contributed by atoms with E-state index in [9.17, 15) is 4.39 Å². The fourth-order valence-corrected chi connectivity index (χ4v) is 2.03. The maximum Gasteiger partial charge on any atom is 0.198 e. The van der Waals surface area contributed by atoms with Crippen molar-refractivity contribution in [2.24, 2.45) is 0 Å². The quantitative estimate of drug-likeness (QED) is 0.862. The fourth-order valence-electron chi connectivity index (χ4n) is 2.03. The lowest BCUT2D eigenvalue weighted by molar-refractivity contribution is 0.337. The van der Waals surface area contributed by atoms with Crippen molar-refractivity contribution < 1.29 is 13.9 Å². The minimum atomic E-state index is -0.353. The van der Waals surface area contributed by atoms with E-state index in [0.29, 0.717) is 11.4 Å². The van der Waals surface area contributed by atoms with Crippen molar-refractivity contribution in [1.29, 1.82) is 0 Å². The first-order chi connectivity index (χ1) is 8.27. The lowest BCUT2D eigenvalue weighted by atomic mass is 10.2. The third kappa shape index (κ3) is 2.29. The van der Waals surface area contributed by atoms with Crippen molar-refractivity contribution in [2.45, 2.75) is 0 Å². The second-order valence-electron chi connectivity index (χ2n) is 3.87. The molecule has 1 aromatic carbocycles. The smallest absolute Gasteiger partial charge is 0.198 e. The molecule has 0 unspecified atom stereocenters. The molecule has 1 aliphatic heterocycles. The zero-order valence-electron chi connectivity index (χ0n) is 10.1. The Balaban J connectivity index is 2.34. The van der Waals surface area contributed by atoms with Gasteiger partial charge in [0.15, 0.2) is 17.3 Å². The van der Waals surface area contributed by atoms with Gasteiger partial charge in [-0.15, -0.1) is 0 Å². The van der Waals surface area contributed by atoms with E-state index in [1.54, 1.807) is 12.1 Å². The molecule has 1 aliphatic rings. The van der Waals surface area contributed by atoms with Crippen LogP contribution in [0.5, 0.6) is 11.5 Å². The van der Waals surface area contributed by atoms with Crippen LogP contribution in [0.25, 0.3) is 0 Å². The number of halogens is 1. The summed E-state index contributed by atoms with van der Waals surface area (Å²) in [6.07, 6.45) is 0. The molecule has 1 aromatic rings. The highest BCUT2D eigenvalue weighted by Crippen LogP contribution is 2.36. The molecule has 0 bridgehead atoms. The first-order valence-corrected chi connectivity index (χ1v) is 5.64. The van der Waals surface area contributed by atoms with E-state index in [2.05, 4.69) is 5.32 Å². The van der Waals surface area contributed by atoms with E-state index >= 15 is 0 Å². The van der Waals surface area contributed by atoms with Gasteiger partial charge in [-0.3, -0.25) is 0 Å². The molecule has 0 spiro atoms. The van der Waals surface area contributed by atoms with Crippen LogP contribution >= 0.6 is 0 Å². The number of piperazine rings is 1. The molecule has 1 heterocycles. The summed E-state index contributed by atoms with van der Waals surface area (Å²) in [5, 5.41) is 3.24. The van der Waals surface area contributed by atoms with Crippen LogP contribution in [0.4, 0.5) is 10.1 Å². The predicted molar refractivity (Wildman–Crippen MR) is 64.6 cm³/mol. The van der Waals surface area contributed by atoms with E-state index in [4.69, 9.17) is 9.47 Å². The maximum absolute atomic E-state index is 14.2. The van der Waals surface area contributed by atoms with Crippen LogP contribution in [0.2, 0.25) is 0 Å². The van der Waals surface area contributed by atoms with E-state index in [0.717, 1.165) is 26.2 Å². The van der Waals surface area contributed by atoms with Gasteiger partial charge in [0.25, 0.3) is 0 Å². The van der Waals surface area contributed by atoms with Crippen LogP contribution in [0.1, 0.15) is 0 Å². The van der Waals surface area contributed by atoms with Crippen LogP contribution in [0.3, 0.4) is 0 Å². The molecule has 0 aromatic heterocycles. The van der Waals surface area contributed by atoms with Crippen LogP contribution in [-0.4, -0.2) is 40.4 Å². The highest BCUT2D eigenvalue weighted by Gasteiger charge is 2.20. The van der Waals surface area contributed by atoms with Gasteiger partial charge in [-0.2, -0.15) is 0 Å². The number of nitrogens with one attached hydrogen (secondary N) is 1. The molecule has 4 nitrogen and oxygen atoms in total. The molecule has 0 aliphatic carbocycles. The molecular weight excluding hydrogens is 223 g/mol. The summed E-state index contributed by atoms with van der Waals surface area (Å²) in [5.74, 6) is 0.237. The van der Waals surface area contributed by atoms with Gasteiger partial charge in [-0.1, -0.05) is 0 Å². The van der Waals surface area contributed by atoms with Gasteiger partial charge >= 0.3 is 0 Å². The molecule has 0 atom stereocenters. The molecule has 0 saturated carbocycles. The van der Waals surface area contributed by atoms with Crippen molar-refractivity contribution in [3.63, 3.8) is 0 Å². The molecule has 17 heavy (non-hydrogen) atoms. The highest BCUT2D eigenvalue weighted by atomic mass is 19.1. The molecule has 94 valence electrons. The number of ether oxygens (including phenoxy) is 2. The number of rotatable bonds is 3. The van der Waals surface area contributed by atoms with Crippen molar-refractivity contribution >= 4 is 5.69 Å². The van der Waals surface area contributed by atoms with Crippen molar-refractivity contribution in [2.75, 3.05) is 45.3 Å². The number of hydrogen-bond donors (Lipinski definition) is 1. The molecule has 1 N–H and O–H groups in total. The monoisotopic (exact) mass is 240 g/mol. The summed E-state index contributed by atoms with van der Waals surface area (Å²) >= 11 is 0. The lowest BCUT2D eigenvalue weighted by Gasteiger charge is -2.30. The van der Waals surface area contributed by atoms with Crippen molar-refractivity contribution in [3.8, 4) is 11.5 Å². The Bertz CT molecular complexity index is 392. The Morgan fingerprint density at radius 1 is 1.18 bits per heavy atom. The first kappa shape index (κ1) is 12.0. The summed E-state index contributed by atoms with van der Waals surface area (Å²) in [6, 6.07) is 3.47. The second kappa shape index (κ2) is 5.23. The minimum Gasteiger partial charge on any atom is -0.493 e. The van der Waals surface area contributed by atoms with E-state index in [1.807, 2.05) is 4.90 Å². The SMILES string of the molecule is COc1ccc(N2CCNCC2)c(F)c1OC. The lowest BCUT2D eigenvalue weighted by Crippen LogP contribution is -2.43. The van der Waals surface area contributed by atoms with Crippen molar-refractivity contribution in [3.05, 3.63) is 17.9 Å². The van der Waals surface area contributed by atoms with Gasteiger partial charge in [0.1, 0.15) is 0 Å². The zero-order chi connectivity index (χ0) is 12.3. The number of hydrogen-bond acceptors (Lipinski definition) is 4. The van der Waals surface area contributed by atoms with E-state index in [-0.39, 0.29) is 11.6 Å². The number of benzene rings is 1. The first-order valence-electron chi connectivity index (χ1n) is 5.64. The van der Waals surface area contributed by atoms with E-state index < -0.39 is 0 Å². The predicted octanol–water partition coefficient (Wildman–Crippen LogP) is 1.25. The topological polar surface area (TPSA) is 33.7 Å². The van der Waals surface area contributed by atoms with Gasteiger partial charge in [0.05, 0.1) is 19.9 Å². The van der Waals surface area contributed by atoms with Crippen LogP contribution in [0, 0.1) is 5.82 Å². The third-order valence-corrected chi connectivity index (χ3v) is 2.92. The van der Waals surface area contributed by atoms with E-state index in [1.165, 1.54) is 14.2 Å². The van der Waals surface area contributed by atoms with Gasteiger partial charge in [0.2, 0.25) is 0 Å². The Labute approximate surface area is 100 Å². The highest BCUT2D eigenvalue weighted by molar-refractivity contribution is 5.58. The van der Waals surface area contributed by atoms with Gasteiger partial charge in [-0.05, 0) is 12.1 Å². The normalized spacial score (nSPS) is 15.8.